The zero-order chi connectivity index (χ0) is 14.4. The molecule has 1 atom stereocenters. The fourth-order valence-electron chi connectivity index (χ4n) is 3.10. The molecule has 2 heterocycles. The van der Waals surface area contributed by atoms with Crippen molar-refractivity contribution in [2.24, 2.45) is 5.92 Å². The summed E-state index contributed by atoms with van der Waals surface area (Å²) in [5, 5.41) is 6.55. The zero-order valence-corrected chi connectivity index (χ0v) is 14.2. The molecule has 0 radical (unpaired) electrons. The van der Waals surface area contributed by atoms with Crippen molar-refractivity contribution < 1.29 is 4.74 Å². The minimum atomic E-state index is 0.0495. The molecule has 3 nitrogen and oxygen atoms in total. The van der Waals surface area contributed by atoms with Crippen molar-refractivity contribution in [3.05, 3.63) is 27.3 Å². The van der Waals surface area contributed by atoms with Crippen LogP contribution in [0.5, 0.6) is 0 Å². The van der Waals surface area contributed by atoms with E-state index < -0.39 is 0 Å². The highest BCUT2D eigenvalue weighted by Crippen LogP contribution is 2.41. The van der Waals surface area contributed by atoms with E-state index in [-0.39, 0.29) is 6.23 Å². The van der Waals surface area contributed by atoms with Gasteiger partial charge in [0.05, 0.1) is 11.7 Å². The molecule has 2 fully saturated rings. The molecule has 1 aromatic carbocycles. The van der Waals surface area contributed by atoms with Crippen LogP contribution in [0.3, 0.4) is 0 Å². The largest absolute Gasteiger partial charge is 0.356 e. The molecule has 2 aliphatic rings. The molecule has 4 rings (SSSR count). The average Bonchev–Trinajstić information content (AvgIpc) is 3.22. The van der Waals surface area contributed by atoms with E-state index in [2.05, 4.69) is 27.1 Å². The van der Waals surface area contributed by atoms with Gasteiger partial charge < -0.3 is 4.74 Å². The maximum Gasteiger partial charge on any atom is 0.150 e. The first-order chi connectivity index (χ1) is 10.2. The molecule has 0 bridgehead atoms. The molecule has 112 valence electrons. The molecule has 21 heavy (non-hydrogen) atoms. The summed E-state index contributed by atoms with van der Waals surface area (Å²) in [5.41, 5.74) is 2.30. The van der Waals surface area contributed by atoms with Gasteiger partial charge in [-0.2, -0.15) is 5.10 Å². The minimum absolute atomic E-state index is 0.0495. The summed E-state index contributed by atoms with van der Waals surface area (Å²) in [4.78, 5) is 0. The first-order valence-electron chi connectivity index (χ1n) is 7.69. The lowest BCUT2D eigenvalue weighted by Gasteiger charge is -2.23. The maximum absolute atomic E-state index is 6.54. The van der Waals surface area contributed by atoms with Gasteiger partial charge in [-0.1, -0.05) is 11.6 Å². The van der Waals surface area contributed by atoms with Crippen LogP contribution < -0.4 is 0 Å². The SMILES string of the molecule is Clc1cc2c(cnn2C2CCCCO2)c(Br)c1CC1CC1. The van der Waals surface area contributed by atoms with Crippen LogP contribution in [-0.2, 0) is 11.2 Å². The maximum atomic E-state index is 6.54. The zero-order valence-electron chi connectivity index (χ0n) is 11.8. The second-order valence-corrected chi connectivity index (χ2v) is 7.34. The average molecular weight is 370 g/mol. The highest BCUT2D eigenvalue weighted by molar-refractivity contribution is 9.10. The van der Waals surface area contributed by atoms with Gasteiger partial charge in [-0.15, -0.1) is 0 Å². The van der Waals surface area contributed by atoms with Gasteiger partial charge in [0, 0.05) is 21.5 Å². The van der Waals surface area contributed by atoms with E-state index in [0.29, 0.717) is 0 Å². The van der Waals surface area contributed by atoms with Gasteiger partial charge in [0.1, 0.15) is 0 Å². The molecule has 1 unspecified atom stereocenters. The standard InChI is InChI=1S/C16H18BrClN2O/c17-16-11(7-10-4-5-10)13(18)8-14-12(16)9-19-20(14)15-3-1-2-6-21-15/h8-10,15H,1-7H2. The summed E-state index contributed by atoms with van der Waals surface area (Å²) >= 11 is 10.3. The third-order valence-corrected chi connectivity index (χ3v) is 5.75. The Balaban J connectivity index is 1.77. The second-order valence-electron chi connectivity index (χ2n) is 6.14. The van der Waals surface area contributed by atoms with Crippen LogP contribution in [0.2, 0.25) is 5.02 Å². The molecule has 0 spiro atoms. The molecule has 2 aromatic rings. The summed E-state index contributed by atoms with van der Waals surface area (Å²) in [5.74, 6) is 0.813. The summed E-state index contributed by atoms with van der Waals surface area (Å²) < 4.78 is 8.96. The second kappa shape index (κ2) is 5.56. The van der Waals surface area contributed by atoms with Crippen LogP contribution in [0.4, 0.5) is 0 Å². The van der Waals surface area contributed by atoms with E-state index in [1.807, 2.05) is 10.9 Å². The molecule has 1 aliphatic carbocycles. The molecule has 0 N–H and O–H groups in total. The number of ether oxygens (including phenoxy) is 1. The highest BCUT2D eigenvalue weighted by atomic mass is 79.9. The van der Waals surface area contributed by atoms with Crippen LogP contribution in [0.1, 0.15) is 43.9 Å². The van der Waals surface area contributed by atoms with E-state index in [1.54, 1.807) is 0 Å². The van der Waals surface area contributed by atoms with Crippen LogP contribution in [-0.4, -0.2) is 16.4 Å². The van der Waals surface area contributed by atoms with E-state index >= 15 is 0 Å². The Morgan fingerprint density at radius 1 is 1.33 bits per heavy atom. The fourth-order valence-corrected chi connectivity index (χ4v) is 4.17. The van der Waals surface area contributed by atoms with Gasteiger partial charge >= 0.3 is 0 Å². The Labute approximate surface area is 137 Å². The Morgan fingerprint density at radius 2 is 2.19 bits per heavy atom. The molecule has 1 saturated heterocycles. The van der Waals surface area contributed by atoms with E-state index in [4.69, 9.17) is 16.3 Å². The fraction of sp³-hybridized carbons (Fsp3) is 0.562. The van der Waals surface area contributed by atoms with Gasteiger partial charge in [-0.3, -0.25) is 0 Å². The lowest BCUT2D eigenvalue weighted by Crippen LogP contribution is -2.19. The normalized spacial score (nSPS) is 22.9. The number of aromatic nitrogens is 2. The van der Waals surface area contributed by atoms with Gasteiger partial charge in [0.15, 0.2) is 6.23 Å². The number of rotatable bonds is 3. The lowest BCUT2D eigenvalue weighted by molar-refractivity contribution is -0.0366. The Morgan fingerprint density at radius 3 is 2.90 bits per heavy atom. The summed E-state index contributed by atoms with van der Waals surface area (Å²) in [6, 6.07) is 2.06. The van der Waals surface area contributed by atoms with Crippen molar-refractivity contribution in [3.63, 3.8) is 0 Å². The predicted molar refractivity (Wildman–Crippen MR) is 87.7 cm³/mol. The van der Waals surface area contributed by atoms with Gasteiger partial charge in [-0.05, 0) is 72.0 Å². The van der Waals surface area contributed by atoms with Crippen LogP contribution in [0.25, 0.3) is 10.9 Å². The molecule has 1 aromatic heterocycles. The number of nitrogens with zero attached hydrogens (tertiary/aromatic N) is 2. The van der Waals surface area contributed by atoms with Gasteiger partial charge in [-0.25, -0.2) is 4.68 Å². The lowest BCUT2D eigenvalue weighted by atomic mass is 10.1. The smallest absolute Gasteiger partial charge is 0.150 e. The first-order valence-corrected chi connectivity index (χ1v) is 8.87. The van der Waals surface area contributed by atoms with Gasteiger partial charge in [0.2, 0.25) is 0 Å². The Hall–Kier alpha value is -0.580. The molecule has 0 amide bonds. The Kier molecular flexibility index (Phi) is 3.72. The van der Waals surface area contributed by atoms with E-state index in [9.17, 15) is 0 Å². The summed E-state index contributed by atoms with van der Waals surface area (Å²) in [7, 11) is 0. The third-order valence-electron chi connectivity index (χ3n) is 4.51. The van der Waals surface area contributed by atoms with Crippen molar-refractivity contribution in [2.75, 3.05) is 6.61 Å². The van der Waals surface area contributed by atoms with Crippen molar-refractivity contribution >= 4 is 38.4 Å². The number of benzene rings is 1. The van der Waals surface area contributed by atoms with Gasteiger partial charge in [0.25, 0.3) is 0 Å². The number of halogens is 2. The Bertz CT molecular complexity index is 674. The predicted octanol–water partition coefficient (Wildman–Crippen LogP) is 5.10. The van der Waals surface area contributed by atoms with Crippen LogP contribution in [0.15, 0.2) is 16.7 Å². The summed E-state index contributed by atoms with van der Waals surface area (Å²) in [6.07, 6.45) is 9.08. The topological polar surface area (TPSA) is 27.1 Å². The monoisotopic (exact) mass is 368 g/mol. The van der Waals surface area contributed by atoms with Crippen molar-refractivity contribution in [2.45, 2.75) is 44.8 Å². The highest BCUT2D eigenvalue weighted by Gasteiger charge is 2.26. The number of fused-ring (bicyclic) bond motifs is 1. The quantitative estimate of drug-likeness (QED) is 0.752. The van der Waals surface area contributed by atoms with E-state index in [0.717, 1.165) is 52.2 Å². The van der Waals surface area contributed by atoms with E-state index in [1.165, 1.54) is 24.8 Å². The van der Waals surface area contributed by atoms with Crippen LogP contribution in [0, 0.1) is 5.92 Å². The molecule has 1 aliphatic heterocycles. The molecular formula is C16H18BrClN2O. The van der Waals surface area contributed by atoms with Crippen LogP contribution >= 0.6 is 27.5 Å². The third kappa shape index (κ3) is 2.62. The molecule has 1 saturated carbocycles. The number of hydrogen-bond donors (Lipinski definition) is 0. The van der Waals surface area contributed by atoms with Crippen molar-refractivity contribution in [1.82, 2.24) is 9.78 Å². The van der Waals surface area contributed by atoms with Crippen molar-refractivity contribution in [1.29, 1.82) is 0 Å². The number of hydrogen-bond acceptors (Lipinski definition) is 2. The first kappa shape index (κ1) is 14.0. The molecular weight excluding hydrogens is 352 g/mol. The minimum Gasteiger partial charge on any atom is -0.356 e. The van der Waals surface area contributed by atoms with Crippen molar-refractivity contribution in [3.8, 4) is 0 Å². The summed E-state index contributed by atoms with van der Waals surface area (Å²) in [6.45, 7) is 0.820. The molecule has 5 heteroatoms.